The minimum atomic E-state index is -4.03. The minimum Gasteiger partial charge on any atom is -0.179 e. The van der Waals surface area contributed by atoms with Gasteiger partial charge in [0.25, 0.3) is 0 Å². The van der Waals surface area contributed by atoms with Gasteiger partial charge in [0.2, 0.25) is 0 Å². The Kier molecular flexibility index (Phi) is 4.89. The molecule has 0 N–H and O–H groups in total. The predicted molar refractivity (Wildman–Crippen MR) is 79.3 cm³/mol. The van der Waals surface area contributed by atoms with E-state index in [9.17, 15) is 8.42 Å². The van der Waals surface area contributed by atoms with Crippen LogP contribution in [0.2, 0.25) is 0 Å². The molecule has 0 aromatic heterocycles. The van der Waals surface area contributed by atoms with Crippen molar-refractivity contribution in [1.29, 1.82) is 0 Å². The molecule has 21 heavy (non-hydrogen) atoms. The SMILES string of the molecule is CN=NS(=O)(=O)N=NC(c1ccccc1)c1ccccc1. The highest BCUT2D eigenvalue weighted by molar-refractivity contribution is 7.88. The molecule has 2 aromatic carbocycles. The van der Waals surface area contributed by atoms with Crippen molar-refractivity contribution in [2.75, 3.05) is 7.05 Å². The number of hydrogen-bond acceptors (Lipinski definition) is 4. The van der Waals surface area contributed by atoms with Crippen LogP contribution in [0.4, 0.5) is 0 Å². The lowest BCUT2D eigenvalue weighted by Crippen LogP contribution is -1.98. The first kappa shape index (κ1) is 15.0. The molecule has 0 spiro atoms. The average Bonchev–Trinajstić information content (AvgIpc) is 2.49. The molecular formula is C14H14N4O2S. The summed E-state index contributed by atoms with van der Waals surface area (Å²) in [6.07, 6.45) is 0. The van der Waals surface area contributed by atoms with Gasteiger partial charge < -0.3 is 0 Å². The number of nitrogens with zero attached hydrogens (tertiary/aromatic N) is 4. The van der Waals surface area contributed by atoms with Crippen molar-refractivity contribution < 1.29 is 8.42 Å². The lowest BCUT2D eigenvalue weighted by molar-refractivity contribution is 0.592. The highest BCUT2D eigenvalue weighted by Crippen LogP contribution is 2.26. The zero-order valence-electron chi connectivity index (χ0n) is 11.4. The Hall–Kier alpha value is -2.41. The van der Waals surface area contributed by atoms with Gasteiger partial charge in [0.1, 0.15) is 6.04 Å². The summed E-state index contributed by atoms with van der Waals surface area (Å²) in [6.45, 7) is 0. The maximum Gasteiger partial charge on any atom is 0.397 e. The molecule has 0 amide bonds. The van der Waals surface area contributed by atoms with E-state index in [0.717, 1.165) is 11.1 Å². The first-order valence-corrected chi connectivity index (χ1v) is 7.60. The Morgan fingerprint density at radius 3 is 1.71 bits per heavy atom. The van der Waals surface area contributed by atoms with Gasteiger partial charge in [-0.15, -0.1) is 0 Å². The molecule has 0 atom stereocenters. The van der Waals surface area contributed by atoms with Gasteiger partial charge in [-0.2, -0.15) is 18.6 Å². The van der Waals surface area contributed by atoms with Crippen LogP contribution in [0.3, 0.4) is 0 Å². The van der Waals surface area contributed by atoms with Gasteiger partial charge in [-0.3, -0.25) is 0 Å². The molecule has 0 aliphatic rings. The topological polar surface area (TPSA) is 83.6 Å². The number of rotatable bonds is 5. The second-order valence-electron chi connectivity index (χ2n) is 4.15. The van der Waals surface area contributed by atoms with Crippen molar-refractivity contribution in [2.24, 2.45) is 19.3 Å². The molecule has 7 heteroatoms. The van der Waals surface area contributed by atoms with Crippen molar-refractivity contribution in [1.82, 2.24) is 0 Å². The van der Waals surface area contributed by atoms with E-state index in [-0.39, 0.29) is 0 Å². The summed E-state index contributed by atoms with van der Waals surface area (Å²) < 4.78 is 29.3. The predicted octanol–water partition coefficient (Wildman–Crippen LogP) is 3.56. The molecule has 0 saturated heterocycles. The van der Waals surface area contributed by atoms with Gasteiger partial charge in [0.15, 0.2) is 0 Å². The Morgan fingerprint density at radius 1 is 0.810 bits per heavy atom. The van der Waals surface area contributed by atoms with E-state index in [0.29, 0.717) is 0 Å². The lowest BCUT2D eigenvalue weighted by atomic mass is 10.00. The van der Waals surface area contributed by atoms with Crippen LogP contribution in [0.1, 0.15) is 17.2 Å². The Balaban J connectivity index is 2.41. The normalized spacial score (nSPS) is 12.5. The third-order valence-electron chi connectivity index (χ3n) is 2.68. The fourth-order valence-electron chi connectivity index (χ4n) is 1.82. The minimum absolute atomic E-state index is 0.505. The summed E-state index contributed by atoms with van der Waals surface area (Å²) in [4.78, 5) is 0. The van der Waals surface area contributed by atoms with Crippen molar-refractivity contribution in [2.45, 2.75) is 6.04 Å². The summed E-state index contributed by atoms with van der Waals surface area (Å²) in [5, 5.41) is 7.15. The molecule has 0 unspecified atom stereocenters. The first-order valence-electron chi connectivity index (χ1n) is 6.20. The zero-order valence-corrected chi connectivity index (χ0v) is 12.2. The van der Waals surface area contributed by atoms with Crippen molar-refractivity contribution >= 4 is 10.2 Å². The van der Waals surface area contributed by atoms with Crippen LogP contribution < -0.4 is 0 Å². The van der Waals surface area contributed by atoms with E-state index in [1.54, 1.807) is 0 Å². The number of benzene rings is 2. The van der Waals surface area contributed by atoms with Crippen LogP contribution in [-0.4, -0.2) is 15.5 Å². The molecule has 2 rings (SSSR count). The highest BCUT2D eigenvalue weighted by Gasteiger charge is 2.14. The van der Waals surface area contributed by atoms with Crippen molar-refractivity contribution in [3.05, 3.63) is 71.8 Å². The van der Waals surface area contributed by atoms with Crippen LogP contribution in [0.25, 0.3) is 0 Å². The first-order chi connectivity index (χ1) is 10.1. The van der Waals surface area contributed by atoms with Crippen LogP contribution in [-0.2, 0) is 10.2 Å². The monoisotopic (exact) mass is 302 g/mol. The van der Waals surface area contributed by atoms with E-state index in [1.165, 1.54) is 7.05 Å². The summed E-state index contributed by atoms with van der Waals surface area (Å²) in [5.41, 5.74) is 1.69. The molecule has 108 valence electrons. The van der Waals surface area contributed by atoms with Crippen LogP contribution in [0.15, 0.2) is 79.9 Å². The highest BCUT2D eigenvalue weighted by atomic mass is 32.2. The Bertz CT molecular complexity index is 689. The van der Waals surface area contributed by atoms with Gasteiger partial charge in [0.05, 0.1) is 7.05 Å². The van der Waals surface area contributed by atoms with Crippen LogP contribution in [0.5, 0.6) is 0 Å². The molecule has 0 aliphatic heterocycles. The third-order valence-corrected chi connectivity index (χ3v) is 3.35. The molecule has 2 aromatic rings. The van der Waals surface area contributed by atoms with Gasteiger partial charge >= 0.3 is 10.2 Å². The molecule has 0 bridgehead atoms. The molecule has 0 aliphatic carbocycles. The standard InChI is InChI=1S/C14H14N4O2S/c1-15-17-21(19,20)18-16-14(12-8-4-2-5-9-12)13-10-6-3-7-11-13/h2-11,14H,1H3. The largest absolute Gasteiger partial charge is 0.397 e. The summed E-state index contributed by atoms with van der Waals surface area (Å²) in [7, 11) is -2.76. The second-order valence-corrected chi connectivity index (χ2v) is 5.37. The second kappa shape index (κ2) is 6.85. The molecule has 0 fully saturated rings. The van der Waals surface area contributed by atoms with Crippen molar-refractivity contribution in [3.63, 3.8) is 0 Å². The van der Waals surface area contributed by atoms with E-state index >= 15 is 0 Å². The fraction of sp³-hybridized carbons (Fsp3) is 0.143. The summed E-state index contributed by atoms with van der Waals surface area (Å²) in [5.74, 6) is 0. The molecule has 0 saturated carbocycles. The smallest absolute Gasteiger partial charge is 0.179 e. The Labute approximate surface area is 123 Å². The maximum absolute atomic E-state index is 11.5. The summed E-state index contributed by atoms with van der Waals surface area (Å²) in [6, 6.07) is 18.2. The van der Waals surface area contributed by atoms with Gasteiger partial charge in [-0.05, 0) is 20.2 Å². The van der Waals surface area contributed by atoms with Crippen LogP contribution in [0, 0.1) is 0 Å². The van der Waals surface area contributed by atoms with E-state index in [2.05, 4.69) is 19.3 Å². The lowest BCUT2D eigenvalue weighted by Gasteiger charge is -2.11. The van der Waals surface area contributed by atoms with Gasteiger partial charge in [-0.25, -0.2) is 0 Å². The maximum atomic E-state index is 11.5. The van der Waals surface area contributed by atoms with Crippen LogP contribution >= 0.6 is 0 Å². The third kappa shape index (κ3) is 4.28. The van der Waals surface area contributed by atoms with Crippen molar-refractivity contribution in [3.8, 4) is 0 Å². The average molecular weight is 302 g/mol. The molecule has 0 heterocycles. The Morgan fingerprint density at radius 2 is 1.29 bits per heavy atom. The van der Waals surface area contributed by atoms with E-state index < -0.39 is 16.3 Å². The molecule has 6 nitrogen and oxygen atoms in total. The van der Waals surface area contributed by atoms with Gasteiger partial charge in [-0.1, -0.05) is 60.7 Å². The van der Waals surface area contributed by atoms with Gasteiger partial charge in [0, 0.05) is 0 Å². The zero-order chi connectivity index (χ0) is 15.1. The van der Waals surface area contributed by atoms with E-state index in [1.807, 2.05) is 60.7 Å². The van der Waals surface area contributed by atoms with E-state index in [4.69, 9.17) is 0 Å². The molecule has 0 radical (unpaired) electrons. The number of hydrogen-bond donors (Lipinski definition) is 0. The summed E-state index contributed by atoms with van der Waals surface area (Å²) >= 11 is 0. The fourth-order valence-corrected chi connectivity index (χ4v) is 2.28. The quantitative estimate of drug-likeness (QED) is 0.791. The molecular weight excluding hydrogens is 288 g/mol.